The first kappa shape index (κ1) is 3.29. The van der Waals surface area contributed by atoms with Crippen LogP contribution in [0.1, 0.15) is 0 Å². The summed E-state index contributed by atoms with van der Waals surface area (Å²) in [7, 11) is 0. The predicted octanol–water partition coefficient (Wildman–Crippen LogP) is -0.923. The lowest BCUT2D eigenvalue weighted by Gasteiger charge is -2.30. The molecule has 0 aromatic carbocycles. The topological polar surface area (TPSA) is 22.1 Å². The standard InChI is InChI=1S/C4H6N4/c1-5-4-6-2-7(1)8(4)3-6/h1-3H2. The SMILES string of the molecule is C1N=C2N3CN1N2C3. The number of rotatable bonds is 0. The largest absolute Gasteiger partial charge is 0.308 e. The molecule has 1 unspecified atom stereocenters. The van der Waals surface area contributed by atoms with Crippen LogP contribution in [-0.4, -0.2) is 40.9 Å². The molecule has 1 atom stereocenters. The second kappa shape index (κ2) is 0.735. The van der Waals surface area contributed by atoms with Crippen molar-refractivity contribution in [3.63, 3.8) is 0 Å². The third-order valence-corrected chi connectivity index (χ3v) is 1.87. The van der Waals surface area contributed by atoms with E-state index in [2.05, 4.69) is 19.9 Å². The molecular weight excluding hydrogens is 104 g/mol. The van der Waals surface area contributed by atoms with Crippen molar-refractivity contribution in [1.82, 2.24) is 14.9 Å². The van der Waals surface area contributed by atoms with Gasteiger partial charge < -0.3 is 4.90 Å². The summed E-state index contributed by atoms with van der Waals surface area (Å²) in [6, 6.07) is 0. The molecule has 0 aromatic rings. The molecule has 3 saturated heterocycles. The smallest absolute Gasteiger partial charge is 0.217 e. The Morgan fingerprint density at radius 3 is 2.75 bits per heavy atom. The van der Waals surface area contributed by atoms with E-state index in [9.17, 15) is 0 Å². The maximum atomic E-state index is 4.23. The van der Waals surface area contributed by atoms with Gasteiger partial charge in [-0.3, -0.25) is 5.01 Å². The average molecular weight is 110 g/mol. The number of nitrogens with zero attached hydrogens (tertiary/aromatic N) is 4. The Morgan fingerprint density at radius 2 is 2.38 bits per heavy atom. The summed E-state index contributed by atoms with van der Waals surface area (Å²) in [5.74, 6) is 1.19. The van der Waals surface area contributed by atoms with Crippen LogP contribution < -0.4 is 0 Å². The predicted molar refractivity (Wildman–Crippen MR) is 27.6 cm³/mol. The molecule has 0 aliphatic carbocycles. The van der Waals surface area contributed by atoms with Crippen LogP contribution in [0.15, 0.2) is 4.99 Å². The molecule has 8 heavy (non-hydrogen) atoms. The van der Waals surface area contributed by atoms with E-state index in [1.165, 1.54) is 5.96 Å². The van der Waals surface area contributed by atoms with Gasteiger partial charge in [0.25, 0.3) is 0 Å². The minimum absolute atomic E-state index is 0.895. The molecule has 42 valence electrons. The zero-order valence-corrected chi connectivity index (χ0v) is 4.41. The lowest BCUT2D eigenvalue weighted by atomic mass is 10.6. The van der Waals surface area contributed by atoms with Crippen LogP contribution in [-0.2, 0) is 0 Å². The lowest BCUT2D eigenvalue weighted by molar-refractivity contribution is 0.127. The molecule has 0 N–H and O–H groups in total. The monoisotopic (exact) mass is 110 g/mol. The Morgan fingerprint density at radius 1 is 1.38 bits per heavy atom. The Balaban J connectivity index is 2.20. The van der Waals surface area contributed by atoms with E-state index in [0.29, 0.717) is 0 Å². The molecule has 3 fully saturated rings. The van der Waals surface area contributed by atoms with Crippen molar-refractivity contribution >= 4 is 5.96 Å². The molecule has 0 saturated carbocycles. The molecule has 0 spiro atoms. The molecule has 4 bridgehead atoms. The van der Waals surface area contributed by atoms with Crippen LogP contribution in [0.4, 0.5) is 0 Å². The van der Waals surface area contributed by atoms with E-state index < -0.39 is 0 Å². The van der Waals surface area contributed by atoms with Gasteiger partial charge in [-0.25, -0.2) is 4.99 Å². The summed E-state index contributed by atoms with van der Waals surface area (Å²) in [6.45, 7) is 3.06. The summed E-state index contributed by atoms with van der Waals surface area (Å²) in [6.07, 6.45) is 0. The zero-order chi connectivity index (χ0) is 5.14. The first-order chi connectivity index (χ1) is 3.95. The van der Waals surface area contributed by atoms with Crippen molar-refractivity contribution < 1.29 is 0 Å². The van der Waals surface area contributed by atoms with E-state index in [-0.39, 0.29) is 0 Å². The van der Waals surface area contributed by atoms with Gasteiger partial charge in [0.15, 0.2) is 0 Å². The van der Waals surface area contributed by atoms with Crippen LogP contribution in [0.25, 0.3) is 0 Å². The molecule has 0 aromatic heterocycles. The second-order valence-corrected chi connectivity index (χ2v) is 2.33. The molecule has 0 amide bonds. The van der Waals surface area contributed by atoms with Gasteiger partial charge in [0, 0.05) is 0 Å². The summed E-state index contributed by atoms with van der Waals surface area (Å²) in [4.78, 5) is 6.48. The van der Waals surface area contributed by atoms with Gasteiger partial charge in [-0.2, -0.15) is 5.01 Å². The van der Waals surface area contributed by atoms with Crippen molar-refractivity contribution in [1.29, 1.82) is 0 Å². The van der Waals surface area contributed by atoms with Crippen LogP contribution in [0.5, 0.6) is 0 Å². The van der Waals surface area contributed by atoms with Crippen molar-refractivity contribution in [2.75, 3.05) is 20.0 Å². The van der Waals surface area contributed by atoms with Crippen molar-refractivity contribution in [3.05, 3.63) is 0 Å². The van der Waals surface area contributed by atoms with Crippen molar-refractivity contribution in [2.24, 2.45) is 4.99 Å². The first-order valence-electron chi connectivity index (χ1n) is 2.77. The maximum absolute atomic E-state index is 4.23. The van der Waals surface area contributed by atoms with Crippen LogP contribution in [0, 0.1) is 0 Å². The fraction of sp³-hybridized carbons (Fsp3) is 0.750. The Kier molecular flexibility index (Phi) is 0.302. The van der Waals surface area contributed by atoms with E-state index in [4.69, 9.17) is 0 Å². The van der Waals surface area contributed by atoms with E-state index >= 15 is 0 Å². The third kappa shape index (κ3) is 0.159. The van der Waals surface area contributed by atoms with E-state index in [1.807, 2.05) is 0 Å². The minimum Gasteiger partial charge on any atom is -0.308 e. The second-order valence-electron chi connectivity index (χ2n) is 2.33. The zero-order valence-electron chi connectivity index (χ0n) is 4.41. The highest BCUT2D eigenvalue weighted by Crippen LogP contribution is 2.29. The maximum Gasteiger partial charge on any atom is 0.217 e. The Bertz CT molecular complexity index is 175. The highest BCUT2D eigenvalue weighted by molar-refractivity contribution is 5.87. The van der Waals surface area contributed by atoms with Gasteiger partial charge in [-0.05, 0) is 0 Å². The van der Waals surface area contributed by atoms with E-state index in [0.717, 1.165) is 20.0 Å². The van der Waals surface area contributed by atoms with Gasteiger partial charge in [0.1, 0.15) is 13.3 Å². The lowest BCUT2D eigenvalue weighted by Crippen LogP contribution is -2.49. The summed E-state index contributed by atoms with van der Waals surface area (Å²) < 4.78 is 0. The molecule has 4 nitrogen and oxygen atoms in total. The fourth-order valence-electron chi connectivity index (χ4n) is 1.42. The van der Waals surface area contributed by atoms with Crippen molar-refractivity contribution in [3.8, 4) is 0 Å². The molecule has 4 heterocycles. The average Bonchev–Trinajstić information content (AvgIpc) is 2.25. The fourth-order valence-corrected chi connectivity index (χ4v) is 1.42. The van der Waals surface area contributed by atoms with Crippen LogP contribution in [0.3, 0.4) is 0 Å². The van der Waals surface area contributed by atoms with Crippen LogP contribution in [0.2, 0.25) is 0 Å². The summed E-state index contributed by atoms with van der Waals surface area (Å²) in [5, 5.41) is 4.44. The Hall–Kier alpha value is -0.770. The quantitative estimate of drug-likeness (QED) is 0.402. The van der Waals surface area contributed by atoms with Gasteiger partial charge in [0.05, 0.1) is 6.67 Å². The first-order valence-corrected chi connectivity index (χ1v) is 2.77. The molecule has 0 radical (unpaired) electrons. The number of guanidine groups is 1. The minimum atomic E-state index is 0.895. The third-order valence-electron chi connectivity index (χ3n) is 1.87. The molecule has 4 aliphatic heterocycles. The van der Waals surface area contributed by atoms with Gasteiger partial charge in [0.2, 0.25) is 5.96 Å². The molecule has 4 heteroatoms. The molecular formula is C4H6N4. The number of hydrazine groups is 1. The van der Waals surface area contributed by atoms with Gasteiger partial charge >= 0.3 is 0 Å². The Labute approximate surface area is 47.0 Å². The number of hydrogen-bond acceptors (Lipinski definition) is 4. The summed E-state index contributed by atoms with van der Waals surface area (Å²) in [5.41, 5.74) is 0. The molecule has 4 aliphatic rings. The number of hydrogen-bond donors (Lipinski definition) is 0. The van der Waals surface area contributed by atoms with Crippen molar-refractivity contribution in [2.45, 2.75) is 0 Å². The van der Waals surface area contributed by atoms with Gasteiger partial charge in [-0.1, -0.05) is 0 Å². The normalized spacial score (nSPS) is 38.0. The summed E-state index contributed by atoms with van der Waals surface area (Å²) >= 11 is 0. The highest BCUT2D eigenvalue weighted by Gasteiger charge is 2.47. The molecule has 4 rings (SSSR count). The highest BCUT2D eigenvalue weighted by atomic mass is 15.9. The number of aliphatic imine (C=N–C) groups is 1. The van der Waals surface area contributed by atoms with E-state index in [1.54, 1.807) is 0 Å². The van der Waals surface area contributed by atoms with Crippen LogP contribution >= 0.6 is 0 Å². The van der Waals surface area contributed by atoms with Gasteiger partial charge in [-0.15, -0.1) is 0 Å².